The molecule has 0 spiro atoms. The van der Waals surface area contributed by atoms with Crippen LogP contribution in [0.2, 0.25) is 5.02 Å². The lowest BCUT2D eigenvalue weighted by Gasteiger charge is -2.16. The average molecular weight is 401 g/mol. The molecule has 4 rings (SSSR count). The lowest BCUT2D eigenvalue weighted by Crippen LogP contribution is -2.19. The molecule has 1 aliphatic rings. The maximum absolute atomic E-state index is 14.3. The number of aryl methyl sites for hydroxylation is 1. The number of carbonyl (C=O) groups excluding carboxylic acids is 1. The van der Waals surface area contributed by atoms with Gasteiger partial charge in [-0.15, -0.1) is 0 Å². The van der Waals surface area contributed by atoms with E-state index in [-0.39, 0.29) is 27.6 Å². The van der Waals surface area contributed by atoms with Gasteiger partial charge in [0.2, 0.25) is 0 Å². The van der Waals surface area contributed by atoms with E-state index in [1.807, 2.05) is 6.07 Å². The fourth-order valence-electron chi connectivity index (χ4n) is 3.32. The summed E-state index contributed by atoms with van der Waals surface area (Å²) in [6.45, 7) is 3.57. The van der Waals surface area contributed by atoms with E-state index in [9.17, 15) is 9.18 Å². The van der Waals surface area contributed by atoms with Gasteiger partial charge in [0.15, 0.2) is 0 Å². The fraction of sp³-hybridized carbons (Fsp3) is 0.250. The number of nitrogens with zero attached hydrogens (tertiary/aromatic N) is 3. The molecule has 1 aliphatic heterocycles. The Kier molecular flexibility index (Phi) is 5.00. The summed E-state index contributed by atoms with van der Waals surface area (Å²) in [5.74, 6) is 0.110. The Labute approximate surface area is 166 Å². The molecule has 1 fully saturated rings. The second kappa shape index (κ2) is 7.59. The van der Waals surface area contributed by atoms with Gasteiger partial charge in [0.05, 0.1) is 22.5 Å². The third kappa shape index (κ3) is 3.45. The van der Waals surface area contributed by atoms with Crippen molar-refractivity contribution in [2.24, 2.45) is 0 Å². The number of hydrogen-bond acceptors (Lipinski definition) is 5. The first-order valence-electron chi connectivity index (χ1n) is 8.97. The van der Waals surface area contributed by atoms with E-state index in [1.165, 1.54) is 18.2 Å². The highest BCUT2D eigenvalue weighted by atomic mass is 35.5. The number of pyridine rings is 1. The van der Waals surface area contributed by atoms with Gasteiger partial charge in [0.25, 0.3) is 5.91 Å². The maximum atomic E-state index is 14.3. The second-order valence-corrected chi connectivity index (χ2v) is 7.02. The lowest BCUT2D eigenvalue weighted by molar-refractivity contribution is 0.102. The normalized spacial score (nSPS) is 13.8. The minimum atomic E-state index is -0.577. The Hall–Kier alpha value is -2.93. The Morgan fingerprint density at radius 3 is 2.71 bits per heavy atom. The Morgan fingerprint density at radius 2 is 2.04 bits per heavy atom. The van der Waals surface area contributed by atoms with E-state index in [4.69, 9.17) is 16.1 Å². The molecule has 144 valence electrons. The van der Waals surface area contributed by atoms with Crippen molar-refractivity contribution in [3.8, 4) is 11.3 Å². The molecule has 1 aromatic carbocycles. The Bertz CT molecular complexity index is 993. The number of benzene rings is 1. The standard InChI is InChI=1S/C20H18ClFN4O2/c1-12-17(19(25-28-12)18-14(21)5-4-6-15(18)22)20(27)24-13-7-8-16(23-11-13)26-9-2-3-10-26/h4-8,11H,2-3,9-10H2,1H3,(H,24,27). The molecule has 0 radical (unpaired) electrons. The third-order valence-electron chi connectivity index (χ3n) is 4.73. The van der Waals surface area contributed by atoms with Crippen LogP contribution in [0.5, 0.6) is 0 Å². The molecule has 2 aromatic heterocycles. The number of aromatic nitrogens is 2. The van der Waals surface area contributed by atoms with Crippen LogP contribution >= 0.6 is 11.6 Å². The van der Waals surface area contributed by atoms with Gasteiger partial charge in [0.1, 0.15) is 28.7 Å². The van der Waals surface area contributed by atoms with Gasteiger partial charge in [-0.2, -0.15) is 0 Å². The number of rotatable bonds is 4. The highest BCUT2D eigenvalue weighted by Gasteiger charge is 2.25. The summed E-state index contributed by atoms with van der Waals surface area (Å²) in [5, 5.41) is 6.77. The quantitative estimate of drug-likeness (QED) is 0.687. The zero-order chi connectivity index (χ0) is 19.7. The van der Waals surface area contributed by atoms with Gasteiger partial charge in [-0.1, -0.05) is 22.8 Å². The minimum Gasteiger partial charge on any atom is -0.360 e. The molecule has 0 bridgehead atoms. The number of anilines is 2. The highest BCUT2D eigenvalue weighted by Crippen LogP contribution is 2.33. The monoisotopic (exact) mass is 400 g/mol. The third-order valence-corrected chi connectivity index (χ3v) is 5.04. The average Bonchev–Trinajstić information content (AvgIpc) is 3.33. The summed E-state index contributed by atoms with van der Waals surface area (Å²) in [6, 6.07) is 7.94. The zero-order valence-electron chi connectivity index (χ0n) is 15.2. The van der Waals surface area contributed by atoms with Crippen LogP contribution in [-0.4, -0.2) is 29.1 Å². The molecular weight excluding hydrogens is 383 g/mol. The fourth-order valence-corrected chi connectivity index (χ4v) is 3.57. The predicted molar refractivity (Wildman–Crippen MR) is 105 cm³/mol. The van der Waals surface area contributed by atoms with Crippen molar-refractivity contribution in [2.75, 3.05) is 23.3 Å². The number of carbonyl (C=O) groups is 1. The van der Waals surface area contributed by atoms with Crippen molar-refractivity contribution in [1.82, 2.24) is 10.1 Å². The van der Waals surface area contributed by atoms with Crippen LogP contribution in [0.3, 0.4) is 0 Å². The summed E-state index contributed by atoms with van der Waals surface area (Å²) in [4.78, 5) is 19.5. The van der Waals surface area contributed by atoms with Gasteiger partial charge in [0, 0.05) is 13.1 Å². The predicted octanol–water partition coefficient (Wildman–Crippen LogP) is 4.69. The van der Waals surface area contributed by atoms with Crippen molar-refractivity contribution < 1.29 is 13.7 Å². The van der Waals surface area contributed by atoms with Gasteiger partial charge in [-0.3, -0.25) is 4.79 Å². The first kappa shape index (κ1) is 18.4. The molecular formula is C20H18ClFN4O2. The first-order chi connectivity index (χ1) is 13.5. The van der Waals surface area contributed by atoms with Crippen molar-refractivity contribution in [2.45, 2.75) is 19.8 Å². The molecule has 0 aliphatic carbocycles. The highest BCUT2D eigenvalue weighted by molar-refractivity contribution is 6.33. The van der Waals surface area contributed by atoms with Gasteiger partial charge < -0.3 is 14.7 Å². The van der Waals surface area contributed by atoms with Crippen LogP contribution in [-0.2, 0) is 0 Å². The molecule has 1 amide bonds. The summed E-state index contributed by atoms with van der Waals surface area (Å²) in [7, 11) is 0. The molecule has 3 aromatic rings. The number of nitrogens with one attached hydrogen (secondary N) is 1. The molecule has 0 saturated carbocycles. The summed E-state index contributed by atoms with van der Waals surface area (Å²) in [5.41, 5.74) is 0.767. The van der Waals surface area contributed by atoms with Crippen LogP contribution in [0.25, 0.3) is 11.3 Å². The van der Waals surface area contributed by atoms with Crippen molar-refractivity contribution in [3.63, 3.8) is 0 Å². The molecule has 28 heavy (non-hydrogen) atoms. The maximum Gasteiger partial charge on any atom is 0.261 e. The second-order valence-electron chi connectivity index (χ2n) is 6.61. The SMILES string of the molecule is Cc1onc(-c2c(F)cccc2Cl)c1C(=O)Nc1ccc(N2CCCC2)nc1. The summed E-state index contributed by atoms with van der Waals surface area (Å²) in [6.07, 6.45) is 3.92. The number of halogens is 2. The molecule has 3 heterocycles. The van der Waals surface area contributed by atoms with E-state index >= 15 is 0 Å². The molecule has 1 N–H and O–H groups in total. The Balaban J connectivity index is 1.60. The zero-order valence-corrected chi connectivity index (χ0v) is 16.0. The van der Waals surface area contributed by atoms with E-state index in [0.717, 1.165) is 31.7 Å². The van der Waals surface area contributed by atoms with Crippen molar-refractivity contribution in [1.29, 1.82) is 0 Å². The molecule has 0 unspecified atom stereocenters. The van der Waals surface area contributed by atoms with Gasteiger partial charge in [-0.25, -0.2) is 9.37 Å². The lowest BCUT2D eigenvalue weighted by atomic mass is 10.0. The van der Waals surface area contributed by atoms with E-state index in [2.05, 4.69) is 20.4 Å². The smallest absolute Gasteiger partial charge is 0.261 e. The van der Waals surface area contributed by atoms with Crippen molar-refractivity contribution >= 4 is 29.0 Å². The molecule has 1 saturated heterocycles. The Morgan fingerprint density at radius 1 is 1.25 bits per heavy atom. The van der Waals surface area contributed by atoms with Crippen molar-refractivity contribution in [3.05, 3.63) is 58.7 Å². The first-order valence-corrected chi connectivity index (χ1v) is 9.35. The number of amides is 1. The van der Waals surface area contributed by atoms with E-state index in [0.29, 0.717) is 5.69 Å². The minimum absolute atomic E-state index is 0.0358. The van der Waals surface area contributed by atoms with Crippen LogP contribution in [0, 0.1) is 12.7 Å². The van der Waals surface area contributed by atoms with Crippen LogP contribution in [0.15, 0.2) is 41.1 Å². The largest absolute Gasteiger partial charge is 0.360 e. The van der Waals surface area contributed by atoms with Crippen LogP contribution in [0.4, 0.5) is 15.9 Å². The molecule has 0 atom stereocenters. The molecule has 8 heteroatoms. The summed E-state index contributed by atoms with van der Waals surface area (Å²) >= 11 is 6.12. The van der Waals surface area contributed by atoms with Gasteiger partial charge >= 0.3 is 0 Å². The number of hydrogen-bond donors (Lipinski definition) is 1. The van der Waals surface area contributed by atoms with Crippen LogP contribution in [0.1, 0.15) is 29.0 Å². The van der Waals surface area contributed by atoms with E-state index in [1.54, 1.807) is 19.2 Å². The van der Waals surface area contributed by atoms with E-state index < -0.39 is 11.7 Å². The summed E-state index contributed by atoms with van der Waals surface area (Å²) < 4.78 is 19.4. The topological polar surface area (TPSA) is 71.3 Å². The van der Waals surface area contributed by atoms with Gasteiger partial charge in [-0.05, 0) is 44.0 Å². The molecule has 6 nitrogen and oxygen atoms in total. The van der Waals surface area contributed by atoms with Crippen LogP contribution < -0.4 is 10.2 Å².